The smallest absolute Gasteiger partial charge is 0.433 e. The highest BCUT2D eigenvalue weighted by atomic mass is 32.2. The van der Waals surface area contributed by atoms with Gasteiger partial charge < -0.3 is 5.11 Å². The van der Waals surface area contributed by atoms with Gasteiger partial charge in [-0.1, -0.05) is 11.8 Å². The van der Waals surface area contributed by atoms with E-state index in [1.54, 1.807) is 20.2 Å². The highest BCUT2D eigenvalue weighted by Gasteiger charge is 2.34. The van der Waals surface area contributed by atoms with Crippen LogP contribution in [0.3, 0.4) is 0 Å². The predicted octanol–water partition coefficient (Wildman–Crippen LogP) is 3.16. The topological polar surface area (TPSA) is 80.9 Å². The normalized spacial score (nSPS) is 11.7. The van der Waals surface area contributed by atoms with Crippen molar-refractivity contribution in [3.8, 4) is 11.3 Å². The minimum Gasteiger partial charge on any atom is -0.481 e. The van der Waals surface area contributed by atoms with Gasteiger partial charge in [-0.05, 0) is 19.4 Å². The van der Waals surface area contributed by atoms with Gasteiger partial charge >= 0.3 is 12.1 Å². The number of aryl methyl sites for hydroxylation is 2. The molecule has 24 heavy (non-hydrogen) atoms. The Kier molecular flexibility index (Phi) is 5.47. The van der Waals surface area contributed by atoms with Gasteiger partial charge in [0.1, 0.15) is 5.69 Å². The average Bonchev–Trinajstić information content (AvgIpc) is 2.81. The summed E-state index contributed by atoms with van der Waals surface area (Å²) in [6, 6.07) is 0.894. The fourth-order valence-electron chi connectivity index (χ4n) is 2.01. The Bertz CT molecular complexity index is 746. The Morgan fingerprint density at radius 1 is 1.38 bits per heavy atom. The molecule has 0 aliphatic rings. The lowest BCUT2D eigenvalue weighted by atomic mass is 10.1. The molecule has 2 aromatic rings. The quantitative estimate of drug-likeness (QED) is 0.484. The van der Waals surface area contributed by atoms with Gasteiger partial charge in [-0.2, -0.15) is 18.3 Å². The van der Waals surface area contributed by atoms with Crippen molar-refractivity contribution in [3.63, 3.8) is 0 Å². The number of hydrogen-bond donors (Lipinski definition) is 1. The predicted molar refractivity (Wildman–Crippen MR) is 81.6 cm³/mol. The summed E-state index contributed by atoms with van der Waals surface area (Å²) in [4.78, 5) is 18.2. The maximum absolute atomic E-state index is 13.1. The average molecular weight is 360 g/mol. The second-order valence-corrected chi connectivity index (χ2v) is 6.13. The van der Waals surface area contributed by atoms with Crippen LogP contribution in [-0.4, -0.2) is 36.6 Å². The Hall–Kier alpha value is -2.10. The zero-order valence-electron chi connectivity index (χ0n) is 13.0. The third-order valence-electron chi connectivity index (χ3n) is 3.05. The number of aromatic nitrogens is 4. The molecule has 0 aromatic carbocycles. The first-order valence-corrected chi connectivity index (χ1v) is 7.97. The van der Waals surface area contributed by atoms with Crippen LogP contribution in [0.25, 0.3) is 11.3 Å². The molecule has 0 spiro atoms. The summed E-state index contributed by atoms with van der Waals surface area (Å²) in [7, 11) is 1.67. The molecule has 1 N–H and O–H groups in total. The van der Waals surface area contributed by atoms with Crippen LogP contribution in [0.2, 0.25) is 0 Å². The highest BCUT2D eigenvalue weighted by molar-refractivity contribution is 7.99. The van der Waals surface area contributed by atoms with Crippen molar-refractivity contribution in [3.05, 3.63) is 23.7 Å². The Morgan fingerprint density at radius 3 is 2.62 bits per heavy atom. The number of aliphatic carboxylic acids is 1. The van der Waals surface area contributed by atoms with Crippen LogP contribution in [0, 0.1) is 6.92 Å². The number of thioether (sulfide) groups is 1. The van der Waals surface area contributed by atoms with Gasteiger partial charge in [0.2, 0.25) is 0 Å². The number of nitrogens with zero attached hydrogens (tertiary/aromatic N) is 4. The lowest BCUT2D eigenvalue weighted by Crippen LogP contribution is -2.10. The number of halogens is 3. The van der Waals surface area contributed by atoms with Crippen molar-refractivity contribution in [1.29, 1.82) is 0 Å². The van der Waals surface area contributed by atoms with Crippen LogP contribution in [0.5, 0.6) is 0 Å². The van der Waals surface area contributed by atoms with Crippen molar-refractivity contribution in [1.82, 2.24) is 19.7 Å². The van der Waals surface area contributed by atoms with Gasteiger partial charge in [0.05, 0.1) is 11.4 Å². The molecule has 0 unspecified atom stereocenters. The number of carbonyl (C=O) groups is 1. The molecule has 2 rings (SSSR count). The van der Waals surface area contributed by atoms with E-state index in [4.69, 9.17) is 5.11 Å². The lowest BCUT2D eigenvalue weighted by molar-refractivity contribution is -0.141. The van der Waals surface area contributed by atoms with Crippen LogP contribution in [0.15, 0.2) is 17.4 Å². The molecular formula is C14H15F3N4O2S. The number of rotatable bonds is 6. The number of hydrogen-bond acceptors (Lipinski definition) is 5. The Balaban J connectivity index is 2.32. The van der Waals surface area contributed by atoms with E-state index in [9.17, 15) is 18.0 Å². The molecule has 0 aliphatic heterocycles. The van der Waals surface area contributed by atoms with E-state index in [1.807, 2.05) is 0 Å². The second kappa shape index (κ2) is 7.20. The molecule has 0 radical (unpaired) electrons. The van der Waals surface area contributed by atoms with E-state index in [0.29, 0.717) is 23.4 Å². The molecule has 0 saturated heterocycles. The first-order valence-electron chi connectivity index (χ1n) is 6.98. The minimum atomic E-state index is -4.59. The van der Waals surface area contributed by atoms with Gasteiger partial charge in [-0.25, -0.2) is 9.97 Å². The van der Waals surface area contributed by atoms with Gasteiger partial charge in [0, 0.05) is 31.0 Å². The standard InChI is InChI=1S/C14H15F3N4O2S/c1-8-9(7-21(2)20-8)10-6-11(14(15,16)17)19-13(18-10)24-5-3-4-12(22)23/h6-7H,3-5H2,1-2H3,(H,22,23). The molecule has 6 nitrogen and oxygen atoms in total. The summed E-state index contributed by atoms with van der Waals surface area (Å²) in [6.07, 6.45) is -2.73. The van der Waals surface area contributed by atoms with E-state index in [2.05, 4.69) is 15.1 Å². The first-order chi connectivity index (χ1) is 11.2. The van der Waals surface area contributed by atoms with E-state index < -0.39 is 17.8 Å². The van der Waals surface area contributed by atoms with Crippen LogP contribution in [0.1, 0.15) is 24.2 Å². The van der Waals surface area contributed by atoms with Gasteiger partial charge in [0.25, 0.3) is 0 Å². The molecule has 10 heteroatoms. The van der Waals surface area contributed by atoms with Crippen molar-refractivity contribution < 1.29 is 23.1 Å². The van der Waals surface area contributed by atoms with Gasteiger partial charge in [0.15, 0.2) is 5.16 Å². The molecule has 130 valence electrons. The molecule has 0 bridgehead atoms. The SMILES string of the molecule is Cc1nn(C)cc1-c1cc(C(F)(F)F)nc(SCCCC(=O)O)n1. The molecular weight excluding hydrogens is 345 g/mol. The molecule has 2 aromatic heterocycles. The van der Waals surface area contributed by atoms with E-state index in [0.717, 1.165) is 17.8 Å². The van der Waals surface area contributed by atoms with Gasteiger partial charge in [-0.3, -0.25) is 9.48 Å². The van der Waals surface area contributed by atoms with Crippen LogP contribution >= 0.6 is 11.8 Å². The van der Waals surface area contributed by atoms with Crippen molar-refractivity contribution in [2.24, 2.45) is 7.05 Å². The zero-order chi connectivity index (χ0) is 17.9. The number of carboxylic acids is 1. The van der Waals surface area contributed by atoms with Crippen molar-refractivity contribution >= 4 is 17.7 Å². The second-order valence-electron chi connectivity index (χ2n) is 5.07. The highest BCUT2D eigenvalue weighted by Crippen LogP contribution is 2.32. The number of carboxylic acid groups (broad SMARTS) is 1. The van der Waals surface area contributed by atoms with E-state index in [-0.39, 0.29) is 17.3 Å². The molecule has 2 heterocycles. The fourth-order valence-corrected chi connectivity index (χ4v) is 2.81. The summed E-state index contributed by atoms with van der Waals surface area (Å²) < 4.78 is 40.7. The maximum atomic E-state index is 13.1. The van der Waals surface area contributed by atoms with Crippen molar-refractivity contribution in [2.45, 2.75) is 31.1 Å². The summed E-state index contributed by atoms with van der Waals surface area (Å²) >= 11 is 1.00. The molecule has 0 amide bonds. The van der Waals surface area contributed by atoms with Crippen LogP contribution in [0.4, 0.5) is 13.2 Å². The van der Waals surface area contributed by atoms with Crippen LogP contribution in [-0.2, 0) is 18.0 Å². The third-order valence-corrected chi connectivity index (χ3v) is 3.99. The van der Waals surface area contributed by atoms with E-state index in [1.165, 1.54) is 4.68 Å². The van der Waals surface area contributed by atoms with Gasteiger partial charge in [-0.15, -0.1) is 0 Å². The molecule has 0 atom stereocenters. The summed E-state index contributed by atoms with van der Waals surface area (Å²) in [6.45, 7) is 1.68. The largest absolute Gasteiger partial charge is 0.481 e. The lowest BCUT2D eigenvalue weighted by Gasteiger charge is -2.10. The monoisotopic (exact) mass is 360 g/mol. The van der Waals surface area contributed by atoms with Crippen LogP contribution < -0.4 is 0 Å². The first kappa shape index (κ1) is 18.2. The summed E-state index contributed by atoms with van der Waals surface area (Å²) in [5.41, 5.74) is 0.170. The Labute approximate surface area is 140 Å². The minimum absolute atomic E-state index is 0.0338. The summed E-state index contributed by atoms with van der Waals surface area (Å²) in [5, 5.41) is 12.7. The van der Waals surface area contributed by atoms with E-state index >= 15 is 0 Å². The third kappa shape index (κ3) is 4.70. The maximum Gasteiger partial charge on any atom is 0.433 e. The molecule has 0 aliphatic carbocycles. The summed E-state index contributed by atoms with van der Waals surface area (Å²) in [5.74, 6) is -0.633. The number of alkyl halides is 3. The van der Waals surface area contributed by atoms with Crippen molar-refractivity contribution in [2.75, 3.05) is 5.75 Å². The molecule has 0 fully saturated rings. The molecule has 0 saturated carbocycles. The fraction of sp³-hybridized carbons (Fsp3) is 0.429. The zero-order valence-corrected chi connectivity index (χ0v) is 13.8. The Morgan fingerprint density at radius 2 is 2.08 bits per heavy atom.